The first kappa shape index (κ1) is 10.2. The Labute approximate surface area is 92.9 Å². The van der Waals surface area contributed by atoms with E-state index in [9.17, 15) is 0 Å². The molecular formula is C11H11N5. The molecule has 0 radical (unpaired) electrons. The Balaban J connectivity index is 2.42. The van der Waals surface area contributed by atoms with Gasteiger partial charge in [0.25, 0.3) is 0 Å². The van der Waals surface area contributed by atoms with Crippen molar-refractivity contribution in [3.8, 4) is 11.8 Å². The van der Waals surface area contributed by atoms with Crippen molar-refractivity contribution in [2.45, 2.75) is 6.54 Å². The molecule has 80 valence electrons. The van der Waals surface area contributed by atoms with Crippen LogP contribution in [0, 0.1) is 11.3 Å². The average molecular weight is 213 g/mol. The van der Waals surface area contributed by atoms with E-state index >= 15 is 0 Å². The monoisotopic (exact) mass is 213 g/mol. The molecule has 1 aromatic carbocycles. The fraction of sp³-hybridized carbons (Fsp3) is 0.0909. The summed E-state index contributed by atoms with van der Waals surface area (Å²) in [6, 6.07) is 11.0. The van der Waals surface area contributed by atoms with Gasteiger partial charge in [0.05, 0.1) is 5.69 Å². The zero-order valence-electron chi connectivity index (χ0n) is 8.59. The fourth-order valence-electron chi connectivity index (χ4n) is 1.43. The Hall–Kier alpha value is -2.32. The first-order valence-electron chi connectivity index (χ1n) is 4.79. The third kappa shape index (κ3) is 1.74. The Bertz CT molecular complexity index is 532. The Morgan fingerprint density at radius 1 is 1.31 bits per heavy atom. The van der Waals surface area contributed by atoms with Crippen LogP contribution in [-0.2, 0) is 6.54 Å². The van der Waals surface area contributed by atoms with E-state index in [-0.39, 0.29) is 0 Å². The summed E-state index contributed by atoms with van der Waals surface area (Å²) in [5.41, 5.74) is 13.4. The van der Waals surface area contributed by atoms with Crippen molar-refractivity contribution in [3.63, 3.8) is 0 Å². The van der Waals surface area contributed by atoms with Gasteiger partial charge in [-0.05, 0) is 17.7 Å². The van der Waals surface area contributed by atoms with E-state index in [4.69, 9.17) is 16.7 Å². The van der Waals surface area contributed by atoms with E-state index in [1.807, 2.05) is 30.3 Å². The van der Waals surface area contributed by atoms with E-state index in [0.29, 0.717) is 18.1 Å². The largest absolute Gasteiger partial charge is 0.384 e. The molecular weight excluding hydrogens is 202 g/mol. The molecule has 4 N–H and O–H groups in total. The number of hydrogen-bond donors (Lipinski definition) is 2. The Morgan fingerprint density at radius 2 is 2.00 bits per heavy atom. The highest BCUT2D eigenvalue weighted by Crippen LogP contribution is 2.14. The highest BCUT2D eigenvalue weighted by atomic mass is 15.3. The lowest BCUT2D eigenvalue weighted by molar-refractivity contribution is 0.881. The number of anilines is 1. The van der Waals surface area contributed by atoms with Gasteiger partial charge in [-0.25, -0.2) is 4.68 Å². The van der Waals surface area contributed by atoms with Gasteiger partial charge in [-0.15, -0.1) is 0 Å². The summed E-state index contributed by atoms with van der Waals surface area (Å²) in [7, 11) is 0. The molecule has 0 saturated heterocycles. The van der Waals surface area contributed by atoms with Crippen LogP contribution in [0.15, 0.2) is 30.3 Å². The van der Waals surface area contributed by atoms with Crippen LogP contribution in [0.1, 0.15) is 11.3 Å². The Kier molecular flexibility index (Phi) is 2.58. The molecule has 0 atom stereocenters. The SMILES string of the molecule is N#Cc1cc(N)n(-c2ccc(CN)cc2)n1. The summed E-state index contributed by atoms with van der Waals surface area (Å²) in [5, 5.41) is 12.8. The topological polar surface area (TPSA) is 93.7 Å². The predicted molar refractivity (Wildman–Crippen MR) is 60.6 cm³/mol. The Morgan fingerprint density at radius 3 is 2.50 bits per heavy atom. The summed E-state index contributed by atoms with van der Waals surface area (Å²) >= 11 is 0. The minimum Gasteiger partial charge on any atom is -0.384 e. The number of hydrogen-bond acceptors (Lipinski definition) is 4. The van der Waals surface area contributed by atoms with E-state index in [1.165, 1.54) is 10.7 Å². The molecule has 0 aliphatic rings. The molecule has 0 fully saturated rings. The van der Waals surface area contributed by atoms with Crippen LogP contribution < -0.4 is 11.5 Å². The molecule has 0 aliphatic heterocycles. The molecule has 2 rings (SSSR count). The molecule has 0 saturated carbocycles. The van der Waals surface area contributed by atoms with Gasteiger partial charge in [0.2, 0.25) is 0 Å². The summed E-state index contributed by atoms with van der Waals surface area (Å²) in [6.45, 7) is 0.498. The maximum Gasteiger partial charge on any atom is 0.165 e. The third-order valence-electron chi connectivity index (χ3n) is 2.27. The van der Waals surface area contributed by atoms with E-state index in [1.54, 1.807) is 0 Å². The number of nitrogen functional groups attached to an aromatic ring is 1. The molecule has 0 aliphatic carbocycles. The number of aromatic nitrogens is 2. The summed E-state index contributed by atoms with van der Waals surface area (Å²) in [6.07, 6.45) is 0. The molecule has 0 bridgehead atoms. The average Bonchev–Trinajstić information content (AvgIpc) is 2.71. The van der Waals surface area contributed by atoms with Crippen LogP contribution in [0.2, 0.25) is 0 Å². The minimum absolute atomic E-state index is 0.306. The van der Waals surface area contributed by atoms with Crippen LogP contribution in [0.5, 0.6) is 0 Å². The zero-order valence-corrected chi connectivity index (χ0v) is 8.59. The lowest BCUT2D eigenvalue weighted by Gasteiger charge is -2.04. The van der Waals surface area contributed by atoms with Crippen LogP contribution in [-0.4, -0.2) is 9.78 Å². The second kappa shape index (κ2) is 4.04. The highest BCUT2D eigenvalue weighted by Gasteiger charge is 2.05. The molecule has 16 heavy (non-hydrogen) atoms. The second-order valence-electron chi connectivity index (χ2n) is 3.35. The van der Waals surface area contributed by atoms with Gasteiger partial charge in [-0.3, -0.25) is 0 Å². The van der Waals surface area contributed by atoms with Crippen LogP contribution in [0.4, 0.5) is 5.82 Å². The van der Waals surface area contributed by atoms with Crippen molar-refractivity contribution in [2.75, 3.05) is 5.73 Å². The first-order valence-corrected chi connectivity index (χ1v) is 4.79. The lowest BCUT2D eigenvalue weighted by Crippen LogP contribution is -2.02. The molecule has 0 amide bonds. The van der Waals surface area contributed by atoms with Gasteiger partial charge in [0, 0.05) is 12.6 Å². The van der Waals surface area contributed by atoms with Gasteiger partial charge in [-0.1, -0.05) is 12.1 Å². The number of nitrogens with zero attached hydrogens (tertiary/aromatic N) is 3. The van der Waals surface area contributed by atoms with Crippen molar-refractivity contribution in [2.24, 2.45) is 5.73 Å². The highest BCUT2D eigenvalue weighted by molar-refractivity contribution is 5.45. The minimum atomic E-state index is 0.306. The van der Waals surface area contributed by atoms with Gasteiger partial charge in [-0.2, -0.15) is 10.4 Å². The quantitative estimate of drug-likeness (QED) is 0.771. The predicted octanol–water partition coefficient (Wildman–Crippen LogP) is 0.785. The van der Waals surface area contributed by atoms with E-state index in [0.717, 1.165) is 11.3 Å². The van der Waals surface area contributed by atoms with Crippen molar-refractivity contribution < 1.29 is 0 Å². The maximum atomic E-state index is 8.71. The van der Waals surface area contributed by atoms with E-state index in [2.05, 4.69) is 5.10 Å². The molecule has 1 aromatic heterocycles. The summed E-state index contributed by atoms with van der Waals surface area (Å²) < 4.78 is 1.53. The summed E-state index contributed by atoms with van der Waals surface area (Å²) in [5.74, 6) is 0.442. The first-order chi connectivity index (χ1) is 7.74. The van der Waals surface area contributed by atoms with Crippen LogP contribution >= 0.6 is 0 Å². The molecule has 1 heterocycles. The fourth-order valence-corrected chi connectivity index (χ4v) is 1.43. The van der Waals surface area contributed by atoms with Gasteiger partial charge in [0.15, 0.2) is 5.69 Å². The molecule has 0 spiro atoms. The number of nitrogens with two attached hydrogens (primary N) is 2. The number of rotatable bonds is 2. The zero-order chi connectivity index (χ0) is 11.5. The van der Waals surface area contributed by atoms with Crippen molar-refractivity contribution in [1.29, 1.82) is 5.26 Å². The third-order valence-corrected chi connectivity index (χ3v) is 2.27. The lowest BCUT2D eigenvalue weighted by atomic mass is 10.2. The normalized spacial score (nSPS) is 10.0. The smallest absolute Gasteiger partial charge is 0.165 e. The van der Waals surface area contributed by atoms with E-state index < -0.39 is 0 Å². The summed E-state index contributed by atoms with van der Waals surface area (Å²) in [4.78, 5) is 0. The second-order valence-corrected chi connectivity index (χ2v) is 3.35. The van der Waals surface area contributed by atoms with Gasteiger partial charge < -0.3 is 11.5 Å². The van der Waals surface area contributed by atoms with Gasteiger partial charge >= 0.3 is 0 Å². The molecule has 5 nitrogen and oxygen atoms in total. The molecule has 5 heteroatoms. The van der Waals surface area contributed by atoms with Gasteiger partial charge in [0.1, 0.15) is 11.9 Å². The van der Waals surface area contributed by atoms with Crippen molar-refractivity contribution in [1.82, 2.24) is 9.78 Å². The number of nitriles is 1. The van der Waals surface area contributed by atoms with Crippen molar-refractivity contribution in [3.05, 3.63) is 41.6 Å². The van der Waals surface area contributed by atoms with Crippen molar-refractivity contribution >= 4 is 5.82 Å². The standard InChI is InChI=1S/C11H11N5/c12-6-8-1-3-10(4-2-8)16-11(14)5-9(7-13)15-16/h1-5H,6,12,14H2. The van der Waals surface area contributed by atoms with Crippen LogP contribution in [0.3, 0.4) is 0 Å². The number of benzene rings is 1. The maximum absolute atomic E-state index is 8.71. The molecule has 2 aromatic rings. The molecule has 0 unspecified atom stereocenters. The van der Waals surface area contributed by atoms with Crippen LogP contribution in [0.25, 0.3) is 5.69 Å².